The first-order chi connectivity index (χ1) is 7.48. The van der Waals surface area contributed by atoms with E-state index in [1.807, 2.05) is 0 Å². The van der Waals surface area contributed by atoms with Crippen molar-refractivity contribution in [2.45, 2.75) is 12.7 Å². The van der Waals surface area contributed by atoms with Crippen LogP contribution in [0.4, 0.5) is 13.2 Å². The number of nitrogens with zero attached hydrogens (tertiary/aromatic N) is 1. The standard InChI is InChI=1S/C10H9F3N2O/c11-10(12,13)9(16)6-7-8-2-1-4-15(8)5-3-14-7/h1-2,4,6,14H,3,5H2/b7-6-. The van der Waals surface area contributed by atoms with Gasteiger partial charge in [-0.25, -0.2) is 0 Å². The van der Waals surface area contributed by atoms with E-state index in [-0.39, 0.29) is 5.70 Å². The highest BCUT2D eigenvalue weighted by Crippen LogP contribution is 2.21. The summed E-state index contributed by atoms with van der Waals surface area (Å²) in [5.41, 5.74) is 0.822. The molecule has 0 atom stereocenters. The lowest BCUT2D eigenvalue weighted by Crippen LogP contribution is -2.29. The predicted molar refractivity (Wildman–Crippen MR) is 51.5 cm³/mol. The maximum Gasteiger partial charge on any atom is 0.454 e. The fourth-order valence-corrected chi connectivity index (χ4v) is 1.59. The quantitative estimate of drug-likeness (QED) is 0.743. The molecule has 1 aromatic rings. The van der Waals surface area contributed by atoms with E-state index in [0.717, 1.165) is 0 Å². The summed E-state index contributed by atoms with van der Waals surface area (Å²) < 4.78 is 38.0. The first kappa shape index (κ1) is 10.8. The molecule has 0 bridgehead atoms. The smallest absolute Gasteiger partial charge is 0.381 e. The van der Waals surface area contributed by atoms with Crippen LogP contribution in [0.1, 0.15) is 5.69 Å². The molecule has 0 radical (unpaired) electrons. The molecule has 0 saturated carbocycles. The lowest BCUT2D eigenvalue weighted by atomic mass is 10.2. The summed E-state index contributed by atoms with van der Waals surface area (Å²) in [5.74, 6) is -1.84. The van der Waals surface area contributed by atoms with Gasteiger partial charge in [-0.3, -0.25) is 4.79 Å². The van der Waals surface area contributed by atoms with E-state index in [4.69, 9.17) is 0 Å². The van der Waals surface area contributed by atoms with Crippen molar-refractivity contribution < 1.29 is 18.0 Å². The van der Waals surface area contributed by atoms with Crippen molar-refractivity contribution in [3.8, 4) is 0 Å². The first-order valence-electron chi connectivity index (χ1n) is 4.71. The van der Waals surface area contributed by atoms with Gasteiger partial charge in [0.15, 0.2) is 0 Å². The van der Waals surface area contributed by atoms with Gasteiger partial charge in [0.25, 0.3) is 5.78 Å². The van der Waals surface area contributed by atoms with Gasteiger partial charge in [0, 0.05) is 25.4 Å². The van der Waals surface area contributed by atoms with Crippen LogP contribution in [0.2, 0.25) is 0 Å². The zero-order valence-electron chi connectivity index (χ0n) is 8.21. The molecular weight excluding hydrogens is 221 g/mol. The zero-order chi connectivity index (χ0) is 11.8. The minimum atomic E-state index is -4.82. The third-order valence-corrected chi connectivity index (χ3v) is 2.33. The minimum Gasteiger partial charge on any atom is -0.381 e. The van der Waals surface area contributed by atoms with E-state index >= 15 is 0 Å². The Morgan fingerprint density at radius 1 is 1.50 bits per heavy atom. The molecule has 6 heteroatoms. The molecule has 2 heterocycles. The molecule has 0 amide bonds. The Morgan fingerprint density at radius 3 is 2.94 bits per heavy atom. The van der Waals surface area contributed by atoms with E-state index in [2.05, 4.69) is 5.32 Å². The summed E-state index contributed by atoms with van der Waals surface area (Å²) in [6.07, 6.45) is -2.45. The Hall–Kier alpha value is -1.72. The van der Waals surface area contributed by atoms with E-state index in [1.165, 1.54) is 0 Å². The third-order valence-electron chi connectivity index (χ3n) is 2.33. The van der Waals surface area contributed by atoms with E-state index in [9.17, 15) is 18.0 Å². The number of carbonyl (C=O) groups is 1. The van der Waals surface area contributed by atoms with Gasteiger partial charge in [0.1, 0.15) is 0 Å². The first-order valence-corrected chi connectivity index (χ1v) is 4.71. The van der Waals surface area contributed by atoms with Crippen LogP contribution in [0.5, 0.6) is 0 Å². The van der Waals surface area contributed by atoms with Gasteiger partial charge in [0.2, 0.25) is 0 Å². The van der Waals surface area contributed by atoms with Gasteiger partial charge in [-0.15, -0.1) is 0 Å². The second-order valence-corrected chi connectivity index (χ2v) is 3.43. The maximum absolute atomic E-state index is 12.1. The summed E-state index contributed by atoms with van der Waals surface area (Å²) in [7, 11) is 0. The fourth-order valence-electron chi connectivity index (χ4n) is 1.59. The Balaban J connectivity index is 2.31. The molecule has 16 heavy (non-hydrogen) atoms. The summed E-state index contributed by atoms with van der Waals surface area (Å²) in [5, 5.41) is 2.78. The van der Waals surface area contributed by atoms with Crippen LogP contribution >= 0.6 is 0 Å². The van der Waals surface area contributed by atoms with Crippen LogP contribution in [-0.2, 0) is 11.3 Å². The van der Waals surface area contributed by atoms with Crippen LogP contribution in [0, 0.1) is 0 Å². The topological polar surface area (TPSA) is 34.0 Å². The maximum atomic E-state index is 12.1. The van der Waals surface area contributed by atoms with E-state index < -0.39 is 12.0 Å². The molecule has 1 aromatic heterocycles. The van der Waals surface area contributed by atoms with Crippen molar-refractivity contribution >= 4 is 11.5 Å². The number of hydrogen-bond donors (Lipinski definition) is 1. The van der Waals surface area contributed by atoms with Gasteiger partial charge < -0.3 is 9.88 Å². The van der Waals surface area contributed by atoms with Gasteiger partial charge in [-0.1, -0.05) is 0 Å². The molecule has 0 aromatic carbocycles. The van der Waals surface area contributed by atoms with Crippen molar-refractivity contribution in [3.63, 3.8) is 0 Å². The number of ketones is 1. The highest BCUT2D eigenvalue weighted by molar-refractivity contribution is 5.99. The molecule has 0 unspecified atom stereocenters. The normalized spacial score (nSPS) is 18.1. The molecule has 1 aliphatic heterocycles. The van der Waals surface area contributed by atoms with Crippen LogP contribution in [0.3, 0.4) is 0 Å². The predicted octanol–water partition coefficient (Wildman–Crippen LogP) is 1.56. The number of aromatic nitrogens is 1. The van der Waals surface area contributed by atoms with Crippen molar-refractivity contribution in [1.29, 1.82) is 0 Å². The van der Waals surface area contributed by atoms with E-state index in [1.54, 1.807) is 22.9 Å². The zero-order valence-corrected chi connectivity index (χ0v) is 8.21. The molecule has 86 valence electrons. The van der Waals surface area contributed by atoms with Gasteiger partial charge in [-0.05, 0) is 12.1 Å². The van der Waals surface area contributed by atoms with Crippen molar-refractivity contribution in [2.24, 2.45) is 0 Å². The number of alkyl halides is 3. The fraction of sp³-hybridized carbons (Fsp3) is 0.300. The summed E-state index contributed by atoms with van der Waals surface area (Å²) >= 11 is 0. The van der Waals surface area contributed by atoms with Crippen LogP contribution in [-0.4, -0.2) is 23.1 Å². The third kappa shape index (κ3) is 1.95. The van der Waals surface area contributed by atoms with Crippen LogP contribution in [0.15, 0.2) is 24.4 Å². The Labute approximate surface area is 89.6 Å². The van der Waals surface area contributed by atoms with Crippen molar-refractivity contribution in [2.75, 3.05) is 6.54 Å². The number of rotatable bonds is 1. The van der Waals surface area contributed by atoms with Crippen LogP contribution < -0.4 is 5.32 Å². The number of allylic oxidation sites excluding steroid dienone is 1. The molecule has 0 aliphatic carbocycles. The average molecular weight is 230 g/mol. The summed E-state index contributed by atoms with van der Waals surface area (Å²) in [6.45, 7) is 1.19. The Kier molecular flexibility index (Phi) is 2.49. The lowest BCUT2D eigenvalue weighted by molar-refractivity contribution is -0.165. The molecule has 3 nitrogen and oxygen atoms in total. The Bertz CT molecular complexity index is 445. The number of hydrogen-bond acceptors (Lipinski definition) is 2. The number of carbonyl (C=O) groups excluding carboxylic acids is 1. The number of halogens is 3. The summed E-state index contributed by atoms with van der Waals surface area (Å²) in [4.78, 5) is 10.8. The SMILES string of the molecule is O=C(/C=C1\NCCn2cccc21)C(F)(F)F. The highest BCUT2D eigenvalue weighted by atomic mass is 19.4. The second-order valence-electron chi connectivity index (χ2n) is 3.43. The van der Waals surface area contributed by atoms with Crippen molar-refractivity contribution in [3.05, 3.63) is 30.1 Å². The monoisotopic (exact) mass is 230 g/mol. The van der Waals surface area contributed by atoms with Gasteiger partial charge in [0.05, 0.1) is 11.4 Å². The Morgan fingerprint density at radius 2 is 2.25 bits per heavy atom. The van der Waals surface area contributed by atoms with Crippen LogP contribution in [0.25, 0.3) is 5.70 Å². The number of fused-ring (bicyclic) bond motifs is 1. The largest absolute Gasteiger partial charge is 0.454 e. The van der Waals surface area contributed by atoms with Gasteiger partial charge >= 0.3 is 6.18 Å². The average Bonchev–Trinajstić information content (AvgIpc) is 2.65. The second kappa shape index (κ2) is 3.70. The van der Waals surface area contributed by atoms with Gasteiger partial charge in [-0.2, -0.15) is 13.2 Å². The molecular formula is C10H9F3N2O. The highest BCUT2D eigenvalue weighted by Gasteiger charge is 2.37. The molecule has 1 N–H and O–H groups in total. The molecule has 2 rings (SSSR count). The molecule has 0 spiro atoms. The van der Waals surface area contributed by atoms with Crippen molar-refractivity contribution in [1.82, 2.24) is 9.88 Å². The minimum absolute atomic E-state index is 0.221. The summed E-state index contributed by atoms with van der Waals surface area (Å²) in [6, 6.07) is 3.40. The molecule has 0 saturated heterocycles. The van der Waals surface area contributed by atoms with E-state index in [0.29, 0.717) is 24.9 Å². The molecule has 1 aliphatic rings. The lowest BCUT2D eigenvalue weighted by Gasteiger charge is -2.20. The molecule has 0 fully saturated rings. The number of nitrogens with one attached hydrogen (secondary N) is 1.